The molecule has 0 spiro atoms. The smallest absolute Gasteiger partial charge is 0.251 e. The predicted octanol–water partition coefficient (Wildman–Crippen LogP) is 4.18. The molecule has 0 atom stereocenters. The van der Waals surface area contributed by atoms with Gasteiger partial charge < -0.3 is 5.32 Å². The molecule has 0 aliphatic rings. The van der Waals surface area contributed by atoms with Crippen molar-refractivity contribution in [3.05, 3.63) is 77.1 Å². The van der Waals surface area contributed by atoms with Crippen LogP contribution in [0.5, 0.6) is 0 Å². The van der Waals surface area contributed by atoms with Crippen molar-refractivity contribution in [3.8, 4) is 5.69 Å². The highest BCUT2D eigenvalue weighted by Crippen LogP contribution is 2.15. The van der Waals surface area contributed by atoms with Crippen molar-refractivity contribution in [2.24, 2.45) is 0 Å². The van der Waals surface area contributed by atoms with Gasteiger partial charge in [0.2, 0.25) is 0 Å². The van der Waals surface area contributed by atoms with Crippen molar-refractivity contribution >= 4 is 29.3 Å². The zero-order valence-electron chi connectivity index (χ0n) is 13.1. The second-order valence-electron chi connectivity index (χ2n) is 5.18. The molecule has 0 aliphatic heterocycles. The van der Waals surface area contributed by atoms with Crippen LogP contribution in [0.25, 0.3) is 5.69 Å². The fraction of sp³-hybridized carbons (Fsp3) is 0.111. The molecular weight excluding hydrogens is 342 g/mol. The Morgan fingerprint density at radius 1 is 1.17 bits per heavy atom. The van der Waals surface area contributed by atoms with Crippen LogP contribution in [-0.2, 0) is 6.54 Å². The molecule has 3 rings (SSSR count). The number of nitrogens with one attached hydrogen (secondary N) is 1. The Bertz CT molecular complexity index is 828. The molecule has 0 bridgehead atoms. The highest BCUT2D eigenvalue weighted by molar-refractivity contribution is 7.98. The highest BCUT2D eigenvalue weighted by Gasteiger charge is 2.07. The standard InChI is InChI=1S/C18H16ClN3OS/c1-24-17-8-2-14(3-9-17)18(23)20-10-13-11-21-22(12-13)16-6-4-15(19)5-7-16/h2-9,11-12H,10H2,1H3,(H,20,23). The van der Waals surface area contributed by atoms with Crippen molar-refractivity contribution < 1.29 is 4.79 Å². The van der Waals surface area contributed by atoms with Gasteiger partial charge in [-0.05, 0) is 54.8 Å². The lowest BCUT2D eigenvalue weighted by Crippen LogP contribution is -2.22. The molecule has 4 nitrogen and oxygen atoms in total. The van der Waals surface area contributed by atoms with E-state index in [-0.39, 0.29) is 5.91 Å². The minimum absolute atomic E-state index is 0.0955. The molecule has 1 heterocycles. The van der Waals surface area contributed by atoms with E-state index in [1.54, 1.807) is 22.6 Å². The van der Waals surface area contributed by atoms with Gasteiger partial charge in [-0.2, -0.15) is 5.10 Å². The van der Waals surface area contributed by atoms with E-state index in [4.69, 9.17) is 11.6 Å². The van der Waals surface area contributed by atoms with Crippen molar-refractivity contribution in [3.63, 3.8) is 0 Å². The van der Waals surface area contributed by atoms with Crippen LogP contribution in [0.4, 0.5) is 0 Å². The molecule has 0 saturated heterocycles. The lowest BCUT2D eigenvalue weighted by atomic mass is 10.2. The van der Waals surface area contributed by atoms with Gasteiger partial charge in [-0.25, -0.2) is 4.68 Å². The summed E-state index contributed by atoms with van der Waals surface area (Å²) in [5, 5.41) is 7.90. The molecule has 1 amide bonds. The summed E-state index contributed by atoms with van der Waals surface area (Å²) >= 11 is 7.54. The van der Waals surface area contributed by atoms with E-state index in [1.165, 1.54) is 0 Å². The van der Waals surface area contributed by atoms with Gasteiger partial charge in [-0.15, -0.1) is 11.8 Å². The number of amides is 1. The summed E-state index contributed by atoms with van der Waals surface area (Å²) in [6.45, 7) is 0.427. The molecule has 1 N–H and O–H groups in total. The second kappa shape index (κ2) is 7.55. The number of hydrogen-bond acceptors (Lipinski definition) is 3. The normalized spacial score (nSPS) is 10.6. The van der Waals surface area contributed by atoms with E-state index in [9.17, 15) is 4.79 Å². The van der Waals surface area contributed by atoms with Crippen LogP contribution in [0.15, 0.2) is 65.8 Å². The third-order valence-corrected chi connectivity index (χ3v) is 4.53. The number of carbonyl (C=O) groups is 1. The van der Waals surface area contributed by atoms with E-state index >= 15 is 0 Å². The topological polar surface area (TPSA) is 46.9 Å². The summed E-state index contributed by atoms with van der Waals surface area (Å²) in [6.07, 6.45) is 5.64. The van der Waals surface area contributed by atoms with Gasteiger partial charge in [-0.3, -0.25) is 4.79 Å². The summed E-state index contributed by atoms with van der Waals surface area (Å²) < 4.78 is 1.76. The Labute approximate surface area is 149 Å². The van der Waals surface area contributed by atoms with Crippen LogP contribution in [0.3, 0.4) is 0 Å². The zero-order chi connectivity index (χ0) is 16.9. The average Bonchev–Trinajstić information content (AvgIpc) is 3.09. The molecule has 1 aromatic heterocycles. The predicted molar refractivity (Wildman–Crippen MR) is 98.0 cm³/mol. The minimum atomic E-state index is -0.0955. The zero-order valence-corrected chi connectivity index (χ0v) is 14.6. The summed E-state index contributed by atoms with van der Waals surface area (Å²) in [4.78, 5) is 13.3. The third-order valence-electron chi connectivity index (χ3n) is 3.53. The number of carbonyl (C=O) groups excluding carboxylic acids is 1. The molecule has 0 unspecified atom stereocenters. The van der Waals surface area contributed by atoms with E-state index < -0.39 is 0 Å². The maximum absolute atomic E-state index is 12.2. The summed E-state index contributed by atoms with van der Waals surface area (Å²) in [6, 6.07) is 15.0. The second-order valence-corrected chi connectivity index (χ2v) is 6.50. The number of benzene rings is 2. The molecule has 24 heavy (non-hydrogen) atoms. The van der Waals surface area contributed by atoms with Gasteiger partial charge in [-0.1, -0.05) is 11.6 Å². The van der Waals surface area contributed by atoms with Gasteiger partial charge in [0, 0.05) is 33.8 Å². The fourth-order valence-corrected chi connectivity index (χ4v) is 2.75. The molecule has 0 radical (unpaired) electrons. The van der Waals surface area contributed by atoms with Gasteiger partial charge in [0.25, 0.3) is 5.91 Å². The molecule has 0 saturated carbocycles. The lowest BCUT2D eigenvalue weighted by molar-refractivity contribution is 0.0951. The van der Waals surface area contributed by atoms with E-state index in [0.717, 1.165) is 16.1 Å². The maximum atomic E-state index is 12.2. The maximum Gasteiger partial charge on any atom is 0.251 e. The van der Waals surface area contributed by atoms with Crippen molar-refractivity contribution in [2.45, 2.75) is 11.4 Å². The van der Waals surface area contributed by atoms with Crippen molar-refractivity contribution in [1.82, 2.24) is 15.1 Å². The molecular formula is C18H16ClN3OS. The van der Waals surface area contributed by atoms with E-state index in [0.29, 0.717) is 17.1 Å². The lowest BCUT2D eigenvalue weighted by Gasteiger charge is -2.04. The van der Waals surface area contributed by atoms with Crippen LogP contribution in [0.2, 0.25) is 5.02 Å². The molecule has 3 aromatic rings. The summed E-state index contributed by atoms with van der Waals surface area (Å²) in [5.74, 6) is -0.0955. The summed E-state index contributed by atoms with van der Waals surface area (Å²) in [5.41, 5.74) is 2.50. The van der Waals surface area contributed by atoms with E-state index in [1.807, 2.05) is 61.0 Å². The van der Waals surface area contributed by atoms with Crippen LogP contribution in [0.1, 0.15) is 15.9 Å². The number of rotatable bonds is 5. The first-order valence-electron chi connectivity index (χ1n) is 7.37. The van der Waals surface area contributed by atoms with Crippen molar-refractivity contribution in [2.75, 3.05) is 6.26 Å². The molecule has 0 fully saturated rings. The van der Waals surface area contributed by atoms with Crippen LogP contribution < -0.4 is 5.32 Å². The number of nitrogens with zero attached hydrogens (tertiary/aromatic N) is 2. The molecule has 122 valence electrons. The van der Waals surface area contributed by atoms with Gasteiger partial charge in [0.05, 0.1) is 11.9 Å². The van der Waals surface area contributed by atoms with E-state index in [2.05, 4.69) is 10.4 Å². The molecule has 2 aromatic carbocycles. The number of hydrogen-bond donors (Lipinski definition) is 1. The Kier molecular flexibility index (Phi) is 5.23. The van der Waals surface area contributed by atoms with Crippen LogP contribution in [-0.4, -0.2) is 21.9 Å². The average molecular weight is 358 g/mol. The quantitative estimate of drug-likeness (QED) is 0.697. The Morgan fingerprint density at radius 2 is 1.88 bits per heavy atom. The van der Waals surface area contributed by atoms with Gasteiger partial charge in [0.1, 0.15) is 0 Å². The van der Waals surface area contributed by atoms with Crippen LogP contribution >= 0.6 is 23.4 Å². The Hall–Kier alpha value is -2.24. The number of aromatic nitrogens is 2. The largest absolute Gasteiger partial charge is 0.348 e. The monoisotopic (exact) mass is 357 g/mol. The Balaban J connectivity index is 1.62. The first kappa shape index (κ1) is 16.6. The SMILES string of the molecule is CSc1ccc(C(=O)NCc2cnn(-c3ccc(Cl)cc3)c2)cc1. The summed E-state index contributed by atoms with van der Waals surface area (Å²) in [7, 11) is 0. The van der Waals surface area contributed by atoms with Crippen molar-refractivity contribution in [1.29, 1.82) is 0 Å². The van der Waals surface area contributed by atoms with Gasteiger partial charge in [0.15, 0.2) is 0 Å². The molecule has 6 heteroatoms. The third kappa shape index (κ3) is 3.99. The van der Waals surface area contributed by atoms with Crippen LogP contribution in [0, 0.1) is 0 Å². The fourth-order valence-electron chi connectivity index (χ4n) is 2.21. The molecule has 0 aliphatic carbocycles. The number of thioether (sulfide) groups is 1. The van der Waals surface area contributed by atoms with Gasteiger partial charge >= 0.3 is 0 Å². The highest BCUT2D eigenvalue weighted by atomic mass is 35.5. The first-order chi connectivity index (χ1) is 11.7. The Morgan fingerprint density at radius 3 is 2.54 bits per heavy atom. The first-order valence-corrected chi connectivity index (χ1v) is 8.98. The minimum Gasteiger partial charge on any atom is -0.348 e. The number of halogens is 1.